The molecule has 2 atom stereocenters. The molecule has 0 spiro atoms. The largest absolute Gasteiger partial charge is 0.469 e. The molecule has 0 amide bonds. The van der Waals surface area contributed by atoms with E-state index in [2.05, 4.69) is 17.0 Å². The molecule has 0 radical (unpaired) electrons. The molecule has 0 saturated carbocycles. The number of carbonyl (C=O) groups is 1. The normalized spacial score (nSPS) is 13.8. The third kappa shape index (κ3) is 8.35. The molecular formula is C18H28ClNO3. The van der Waals surface area contributed by atoms with E-state index in [9.17, 15) is 9.90 Å². The Balaban J connectivity index is 2.42. The van der Waals surface area contributed by atoms with E-state index < -0.39 is 6.10 Å². The van der Waals surface area contributed by atoms with Crippen LogP contribution in [0, 0.1) is 5.92 Å². The minimum Gasteiger partial charge on any atom is -0.469 e. The van der Waals surface area contributed by atoms with Crippen LogP contribution in [-0.2, 0) is 16.1 Å². The second-order valence-corrected chi connectivity index (χ2v) is 6.26. The lowest BCUT2D eigenvalue weighted by Crippen LogP contribution is -2.33. The highest BCUT2D eigenvalue weighted by molar-refractivity contribution is 6.18. The molecule has 130 valence electrons. The summed E-state index contributed by atoms with van der Waals surface area (Å²) in [6.45, 7) is 4.12. The van der Waals surface area contributed by atoms with Gasteiger partial charge in [-0.25, -0.2) is 0 Å². The van der Waals surface area contributed by atoms with E-state index in [1.54, 1.807) is 0 Å². The van der Waals surface area contributed by atoms with Crippen molar-refractivity contribution in [2.75, 3.05) is 26.1 Å². The number of unbranched alkanes of at least 4 members (excludes halogenated alkanes) is 1. The van der Waals surface area contributed by atoms with Gasteiger partial charge in [0.2, 0.25) is 0 Å². The van der Waals surface area contributed by atoms with Crippen molar-refractivity contribution in [1.82, 2.24) is 4.90 Å². The third-order valence-electron chi connectivity index (χ3n) is 3.86. The van der Waals surface area contributed by atoms with Crippen LogP contribution in [0.2, 0.25) is 0 Å². The average Bonchev–Trinajstić information content (AvgIpc) is 2.58. The zero-order valence-corrected chi connectivity index (χ0v) is 14.8. The topological polar surface area (TPSA) is 49.8 Å². The second kappa shape index (κ2) is 11.4. The standard InChI is InChI=1S/C18H28ClNO3/c1-15(18(22)23-2)8-6-7-11-20(14-17(21)12-19)13-16-9-4-3-5-10-16/h3-5,9-10,15,17,21H,6-8,11-14H2,1-2H3. The summed E-state index contributed by atoms with van der Waals surface area (Å²) in [5, 5.41) is 9.82. The molecule has 0 bridgehead atoms. The number of ether oxygens (including phenoxy) is 1. The number of rotatable bonds is 11. The van der Waals surface area contributed by atoms with Crippen molar-refractivity contribution in [3.8, 4) is 0 Å². The summed E-state index contributed by atoms with van der Waals surface area (Å²) in [5.41, 5.74) is 1.22. The van der Waals surface area contributed by atoms with Gasteiger partial charge in [-0.05, 0) is 24.9 Å². The molecule has 1 aromatic carbocycles. The fourth-order valence-electron chi connectivity index (χ4n) is 2.53. The summed E-state index contributed by atoms with van der Waals surface area (Å²) in [6.07, 6.45) is 2.24. The summed E-state index contributed by atoms with van der Waals surface area (Å²) in [7, 11) is 1.42. The molecule has 0 aliphatic carbocycles. The highest BCUT2D eigenvalue weighted by Gasteiger charge is 2.14. The molecule has 0 aromatic heterocycles. The SMILES string of the molecule is COC(=O)C(C)CCCCN(Cc1ccccc1)CC(O)CCl. The molecule has 1 rings (SSSR count). The van der Waals surface area contributed by atoms with Gasteiger partial charge in [-0.15, -0.1) is 11.6 Å². The number of halogens is 1. The number of alkyl halides is 1. The number of benzene rings is 1. The van der Waals surface area contributed by atoms with Crippen LogP contribution in [0.5, 0.6) is 0 Å². The van der Waals surface area contributed by atoms with Gasteiger partial charge in [0.15, 0.2) is 0 Å². The van der Waals surface area contributed by atoms with Gasteiger partial charge in [0.05, 0.1) is 19.1 Å². The second-order valence-electron chi connectivity index (χ2n) is 5.95. The Labute approximate surface area is 144 Å². The Morgan fingerprint density at radius 2 is 2.00 bits per heavy atom. The summed E-state index contributed by atoms with van der Waals surface area (Å²) >= 11 is 5.72. The van der Waals surface area contributed by atoms with Crippen LogP contribution in [0.25, 0.3) is 0 Å². The van der Waals surface area contributed by atoms with Crippen LogP contribution in [0.1, 0.15) is 31.7 Å². The summed E-state index contributed by atoms with van der Waals surface area (Å²) in [6, 6.07) is 10.2. The van der Waals surface area contributed by atoms with E-state index in [0.29, 0.717) is 6.54 Å². The number of hydrogen-bond acceptors (Lipinski definition) is 4. The highest BCUT2D eigenvalue weighted by Crippen LogP contribution is 2.12. The maximum absolute atomic E-state index is 11.4. The molecule has 2 unspecified atom stereocenters. The van der Waals surface area contributed by atoms with Crippen molar-refractivity contribution in [3.05, 3.63) is 35.9 Å². The van der Waals surface area contributed by atoms with Gasteiger partial charge >= 0.3 is 5.97 Å². The molecule has 4 nitrogen and oxygen atoms in total. The first kappa shape index (κ1) is 19.9. The van der Waals surface area contributed by atoms with Crippen LogP contribution in [0.4, 0.5) is 0 Å². The van der Waals surface area contributed by atoms with E-state index in [4.69, 9.17) is 16.3 Å². The molecule has 0 aliphatic heterocycles. The van der Waals surface area contributed by atoms with Crippen molar-refractivity contribution in [2.45, 2.75) is 38.8 Å². The Kier molecular flexibility index (Phi) is 9.92. The Morgan fingerprint density at radius 3 is 2.61 bits per heavy atom. The molecular weight excluding hydrogens is 314 g/mol. The van der Waals surface area contributed by atoms with Gasteiger partial charge in [0.25, 0.3) is 0 Å². The summed E-state index contributed by atoms with van der Waals surface area (Å²) in [4.78, 5) is 13.6. The summed E-state index contributed by atoms with van der Waals surface area (Å²) < 4.78 is 4.74. The first-order chi connectivity index (χ1) is 11.1. The number of carbonyl (C=O) groups excluding carboxylic acids is 1. The van der Waals surface area contributed by atoms with Gasteiger partial charge in [0, 0.05) is 19.0 Å². The van der Waals surface area contributed by atoms with Crippen LogP contribution in [-0.4, -0.2) is 48.2 Å². The van der Waals surface area contributed by atoms with Crippen molar-refractivity contribution in [2.24, 2.45) is 5.92 Å². The number of nitrogens with zero attached hydrogens (tertiary/aromatic N) is 1. The first-order valence-electron chi connectivity index (χ1n) is 8.15. The van der Waals surface area contributed by atoms with Gasteiger partial charge < -0.3 is 9.84 Å². The quantitative estimate of drug-likeness (QED) is 0.382. The van der Waals surface area contributed by atoms with Crippen molar-refractivity contribution < 1.29 is 14.6 Å². The van der Waals surface area contributed by atoms with Crippen molar-refractivity contribution >= 4 is 17.6 Å². The van der Waals surface area contributed by atoms with Gasteiger partial charge in [0.1, 0.15) is 0 Å². The van der Waals surface area contributed by atoms with E-state index in [-0.39, 0.29) is 17.8 Å². The van der Waals surface area contributed by atoms with Gasteiger partial charge in [-0.1, -0.05) is 43.7 Å². The van der Waals surface area contributed by atoms with E-state index in [0.717, 1.165) is 32.4 Å². The van der Waals surface area contributed by atoms with Crippen molar-refractivity contribution in [1.29, 1.82) is 0 Å². The Morgan fingerprint density at radius 1 is 1.30 bits per heavy atom. The maximum Gasteiger partial charge on any atom is 0.308 e. The van der Waals surface area contributed by atoms with Gasteiger partial charge in [-0.3, -0.25) is 9.69 Å². The predicted octanol–water partition coefficient (Wildman–Crippen LogP) is 3.07. The van der Waals surface area contributed by atoms with E-state index in [1.807, 2.05) is 25.1 Å². The first-order valence-corrected chi connectivity index (χ1v) is 8.68. The highest BCUT2D eigenvalue weighted by atomic mass is 35.5. The lowest BCUT2D eigenvalue weighted by molar-refractivity contribution is -0.145. The molecule has 1 N–H and O–H groups in total. The Hall–Kier alpha value is -1.10. The smallest absolute Gasteiger partial charge is 0.308 e. The number of aliphatic hydroxyl groups excluding tert-OH is 1. The monoisotopic (exact) mass is 341 g/mol. The fourth-order valence-corrected chi connectivity index (χ4v) is 2.63. The third-order valence-corrected chi connectivity index (χ3v) is 4.22. The molecule has 1 aromatic rings. The van der Waals surface area contributed by atoms with Crippen LogP contribution < -0.4 is 0 Å². The molecule has 0 aliphatic rings. The lowest BCUT2D eigenvalue weighted by Gasteiger charge is -2.24. The predicted molar refractivity (Wildman–Crippen MR) is 93.5 cm³/mol. The van der Waals surface area contributed by atoms with Crippen LogP contribution in [0.15, 0.2) is 30.3 Å². The molecule has 5 heteroatoms. The molecule has 23 heavy (non-hydrogen) atoms. The Bertz CT molecular complexity index is 441. The fraction of sp³-hybridized carbons (Fsp3) is 0.611. The molecule has 0 saturated heterocycles. The zero-order valence-electron chi connectivity index (χ0n) is 14.1. The van der Waals surface area contributed by atoms with Gasteiger partial charge in [-0.2, -0.15) is 0 Å². The maximum atomic E-state index is 11.4. The zero-order chi connectivity index (χ0) is 17.1. The number of aliphatic hydroxyl groups is 1. The molecule has 0 heterocycles. The minimum absolute atomic E-state index is 0.0593. The van der Waals surface area contributed by atoms with E-state index in [1.165, 1.54) is 12.7 Å². The van der Waals surface area contributed by atoms with Crippen molar-refractivity contribution in [3.63, 3.8) is 0 Å². The lowest BCUT2D eigenvalue weighted by atomic mass is 10.0. The minimum atomic E-state index is -0.519. The van der Waals surface area contributed by atoms with E-state index >= 15 is 0 Å². The average molecular weight is 342 g/mol. The van der Waals surface area contributed by atoms with Crippen LogP contribution in [0.3, 0.4) is 0 Å². The molecule has 0 fully saturated rings. The number of methoxy groups -OCH3 is 1. The summed E-state index contributed by atoms with van der Waals surface area (Å²) in [5.74, 6) is 0.0321. The number of esters is 1. The van der Waals surface area contributed by atoms with Crippen LogP contribution >= 0.6 is 11.6 Å². The number of hydrogen-bond donors (Lipinski definition) is 1.